The molecule has 2 aromatic rings. The first-order valence-electron chi connectivity index (χ1n) is 7.96. The Morgan fingerprint density at radius 3 is 2.52 bits per heavy atom. The third kappa shape index (κ3) is 7.02. The molecule has 0 amide bonds. The minimum Gasteiger partial charge on any atom is -0.357 e. The molecule has 0 unspecified atom stereocenters. The smallest absolute Gasteiger partial charge is 0.191 e. The highest BCUT2D eigenvalue weighted by molar-refractivity contribution is 14.0. The number of aliphatic imine (C=N–C) groups is 1. The average Bonchev–Trinajstić information content (AvgIpc) is 3.17. The van der Waals surface area contributed by atoms with E-state index >= 15 is 0 Å². The van der Waals surface area contributed by atoms with Gasteiger partial charge in [0.05, 0.1) is 11.6 Å². The summed E-state index contributed by atoms with van der Waals surface area (Å²) in [5.41, 5.74) is 0.967. The fourth-order valence-corrected chi connectivity index (χ4v) is 2.62. The van der Waals surface area contributed by atoms with Gasteiger partial charge in [-0.1, -0.05) is 23.2 Å². The van der Waals surface area contributed by atoms with Gasteiger partial charge in [-0.15, -0.1) is 34.2 Å². The van der Waals surface area contributed by atoms with Crippen molar-refractivity contribution >= 4 is 53.1 Å². The molecule has 25 heavy (non-hydrogen) atoms. The summed E-state index contributed by atoms with van der Waals surface area (Å²) in [6, 6.07) is 1.84. The molecular formula is C15H24Cl2IN7. The van der Waals surface area contributed by atoms with Gasteiger partial charge in [0.25, 0.3) is 0 Å². The summed E-state index contributed by atoms with van der Waals surface area (Å²) in [7, 11) is 1.88. The number of hydrogen-bond donors (Lipinski definition) is 2. The highest BCUT2D eigenvalue weighted by Crippen LogP contribution is 2.25. The first kappa shape index (κ1) is 22.0. The van der Waals surface area contributed by atoms with Crippen molar-refractivity contribution < 1.29 is 0 Å². The predicted molar refractivity (Wildman–Crippen MR) is 113 cm³/mol. The van der Waals surface area contributed by atoms with Crippen LogP contribution < -0.4 is 10.6 Å². The molecule has 0 fully saturated rings. The van der Waals surface area contributed by atoms with Crippen molar-refractivity contribution in [3.63, 3.8) is 0 Å². The number of nitrogens with zero attached hydrogens (tertiary/aromatic N) is 5. The Kier molecular flexibility index (Phi) is 10.2. The van der Waals surface area contributed by atoms with Gasteiger partial charge in [-0.2, -0.15) is 0 Å². The molecule has 7 nitrogen and oxygen atoms in total. The number of aromatic nitrogens is 4. The molecule has 0 saturated heterocycles. The molecule has 2 aromatic heterocycles. The second-order valence-corrected chi connectivity index (χ2v) is 6.13. The first-order valence-corrected chi connectivity index (χ1v) is 8.71. The van der Waals surface area contributed by atoms with Crippen LogP contribution in [0.2, 0.25) is 10.2 Å². The lowest BCUT2D eigenvalue weighted by Crippen LogP contribution is -2.37. The zero-order valence-electron chi connectivity index (χ0n) is 14.4. The van der Waals surface area contributed by atoms with Crippen molar-refractivity contribution in [1.82, 2.24) is 30.0 Å². The standard InChI is InChI=1S/C15H23Cl2N7.HI/c1-3-18-15(19-6-4-5-7-24-10-21-22-11-24)20-9-12-8-13(16)14(17)23(12)2;/h8,10-11H,3-7,9H2,1-2H3,(H2,18,19,20);1H. The molecule has 0 radical (unpaired) electrons. The number of rotatable bonds is 8. The van der Waals surface area contributed by atoms with Gasteiger partial charge in [-0.3, -0.25) is 0 Å². The van der Waals surface area contributed by atoms with E-state index in [9.17, 15) is 0 Å². The van der Waals surface area contributed by atoms with Crippen molar-refractivity contribution in [3.8, 4) is 0 Å². The Morgan fingerprint density at radius 1 is 1.20 bits per heavy atom. The fraction of sp³-hybridized carbons (Fsp3) is 0.533. The van der Waals surface area contributed by atoms with E-state index in [1.165, 1.54) is 0 Å². The normalized spacial score (nSPS) is 11.3. The topological polar surface area (TPSA) is 72.1 Å². The lowest BCUT2D eigenvalue weighted by atomic mass is 10.3. The molecule has 2 heterocycles. The Balaban J connectivity index is 0.00000312. The van der Waals surface area contributed by atoms with Crippen LogP contribution in [0.4, 0.5) is 0 Å². The van der Waals surface area contributed by atoms with E-state index in [1.54, 1.807) is 12.7 Å². The summed E-state index contributed by atoms with van der Waals surface area (Å²) in [6.45, 7) is 5.13. The molecule has 0 aliphatic rings. The van der Waals surface area contributed by atoms with Crippen LogP contribution in [0.15, 0.2) is 23.7 Å². The third-order valence-electron chi connectivity index (χ3n) is 3.56. The largest absolute Gasteiger partial charge is 0.357 e. The lowest BCUT2D eigenvalue weighted by Gasteiger charge is -2.11. The summed E-state index contributed by atoms with van der Waals surface area (Å²) in [6.07, 6.45) is 5.54. The second-order valence-electron chi connectivity index (χ2n) is 5.36. The summed E-state index contributed by atoms with van der Waals surface area (Å²) < 4.78 is 3.82. The minimum atomic E-state index is 0. The number of hydrogen-bond acceptors (Lipinski definition) is 3. The highest BCUT2D eigenvalue weighted by atomic mass is 127. The van der Waals surface area contributed by atoms with Gasteiger partial charge in [0.2, 0.25) is 0 Å². The second kappa shape index (κ2) is 11.6. The van der Waals surface area contributed by atoms with Crippen LogP contribution in [0.25, 0.3) is 0 Å². The van der Waals surface area contributed by atoms with Gasteiger partial charge in [0.1, 0.15) is 17.8 Å². The van der Waals surface area contributed by atoms with Crippen LogP contribution in [0.1, 0.15) is 25.5 Å². The van der Waals surface area contributed by atoms with E-state index in [2.05, 4.69) is 25.8 Å². The maximum atomic E-state index is 6.08. The Morgan fingerprint density at radius 2 is 1.92 bits per heavy atom. The van der Waals surface area contributed by atoms with Crippen LogP contribution in [-0.2, 0) is 20.1 Å². The van der Waals surface area contributed by atoms with Gasteiger partial charge < -0.3 is 19.8 Å². The van der Waals surface area contributed by atoms with Crippen LogP contribution in [-0.4, -0.2) is 38.4 Å². The summed E-state index contributed by atoms with van der Waals surface area (Å²) in [5, 5.41) is 15.2. The van der Waals surface area contributed by atoms with Crippen LogP contribution >= 0.6 is 47.2 Å². The SMILES string of the molecule is CCNC(=NCc1cc(Cl)c(Cl)n1C)NCCCCn1cnnc1.I. The molecule has 140 valence electrons. The van der Waals surface area contributed by atoms with Crippen LogP contribution in [0.5, 0.6) is 0 Å². The average molecular weight is 500 g/mol. The Bertz CT molecular complexity index is 655. The van der Waals surface area contributed by atoms with Gasteiger partial charge in [-0.25, -0.2) is 4.99 Å². The first-order chi connectivity index (χ1) is 11.6. The summed E-state index contributed by atoms with van der Waals surface area (Å²) in [5.74, 6) is 0.787. The molecule has 0 spiro atoms. The molecule has 2 N–H and O–H groups in total. The Labute approximate surface area is 175 Å². The van der Waals surface area contributed by atoms with E-state index < -0.39 is 0 Å². The quantitative estimate of drug-likeness (QED) is 0.253. The molecule has 2 rings (SSSR count). The number of unbranched alkanes of at least 4 members (excludes halogenated alkanes) is 1. The van der Waals surface area contributed by atoms with E-state index in [-0.39, 0.29) is 24.0 Å². The van der Waals surface area contributed by atoms with Gasteiger partial charge >= 0.3 is 0 Å². The maximum Gasteiger partial charge on any atom is 0.191 e. The monoisotopic (exact) mass is 499 g/mol. The van der Waals surface area contributed by atoms with E-state index in [0.717, 1.165) is 44.1 Å². The van der Waals surface area contributed by atoms with Gasteiger partial charge in [-0.05, 0) is 25.8 Å². The van der Waals surface area contributed by atoms with Crippen LogP contribution in [0, 0.1) is 0 Å². The van der Waals surface area contributed by atoms with Crippen LogP contribution in [0.3, 0.4) is 0 Å². The van der Waals surface area contributed by atoms with Crippen molar-refractivity contribution in [1.29, 1.82) is 0 Å². The van der Waals surface area contributed by atoms with Gasteiger partial charge in [0.15, 0.2) is 5.96 Å². The van der Waals surface area contributed by atoms with Crippen molar-refractivity contribution in [3.05, 3.63) is 34.6 Å². The minimum absolute atomic E-state index is 0. The molecule has 10 heteroatoms. The maximum absolute atomic E-state index is 6.08. The molecule has 0 atom stereocenters. The molecule has 0 aliphatic carbocycles. The lowest BCUT2D eigenvalue weighted by molar-refractivity contribution is 0.597. The number of halogens is 3. The van der Waals surface area contributed by atoms with Crippen molar-refractivity contribution in [2.24, 2.45) is 12.0 Å². The fourth-order valence-electron chi connectivity index (χ4n) is 2.21. The van der Waals surface area contributed by atoms with E-state index in [0.29, 0.717) is 16.7 Å². The molecule has 0 aromatic carbocycles. The van der Waals surface area contributed by atoms with E-state index in [1.807, 2.05) is 29.2 Å². The van der Waals surface area contributed by atoms with Crippen molar-refractivity contribution in [2.45, 2.75) is 32.9 Å². The zero-order chi connectivity index (χ0) is 17.4. The number of aryl methyl sites for hydroxylation is 1. The molecule has 0 aliphatic heterocycles. The Hall–Kier alpha value is -1.00. The third-order valence-corrected chi connectivity index (χ3v) is 4.40. The zero-order valence-corrected chi connectivity index (χ0v) is 18.2. The number of nitrogens with one attached hydrogen (secondary N) is 2. The van der Waals surface area contributed by atoms with Gasteiger partial charge in [0, 0.05) is 32.4 Å². The van der Waals surface area contributed by atoms with E-state index in [4.69, 9.17) is 23.2 Å². The molecule has 0 bridgehead atoms. The highest BCUT2D eigenvalue weighted by Gasteiger charge is 2.08. The predicted octanol–water partition coefficient (Wildman–Crippen LogP) is 3.08. The van der Waals surface area contributed by atoms with Crippen molar-refractivity contribution in [2.75, 3.05) is 13.1 Å². The summed E-state index contributed by atoms with van der Waals surface area (Å²) >= 11 is 12.1. The molecular weight excluding hydrogens is 476 g/mol. The molecule has 0 saturated carbocycles. The number of guanidine groups is 1. The summed E-state index contributed by atoms with van der Waals surface area (Å²) in [4.78, 5) is 4.58.